The van der Waals surface area contributed by atoms with Crippen LogP contribution in [-0.2, 0) is 9.53 Å². The molecule has 4 heteroatoms. The molecule has 0 aromatic carbocycles. The summed E-state index contributed by atoms with van der Waals surface area (Å²) < 4.78 is 6.04. The second kappa shape index (κ2) is 20.9. The lowest BCUT2D eigenvalue weighted by atomic mass is 10.0. The van der Waals surface area contributed by atoms with Crippen molar-refractivity contribution in [3.8, 4) is 0 Å². The summed E-state index contributed by atoms with van der Waals surface area (Å²) >= 11 is 0. The minimum atomic E-state index is -0.320. The van der Waals surface area contributed by atoms with Gasteiger partial charge in [-0.1, -0.05) is 97.0 Å². The van der Waals surface area contributed by atoms with Crippen molar-refractivity contribution < 1.29 is 31.0 Å². The SMILES string of the molecule is C=CC(=O)OCC[N+](C)(C)C(C)CCCCCCCCCCCCCCCC.[Br-]. The highest BCUT2D eigenvalue weighted by molar-refractivity contribution is 5.81. The third-order valence-corrected chi connectivity index (χ3v) is 6.25. The predicted molar refractivity (Wildman–Crippen MR) is 123 cm³/mol. The highest BCUT2D eigenvalue weighted by Crippen LogP contribution is 2.16. The Bertz CT molecular complexity index is 385. The number of rotatable bonds is 20. The van der Waals surface area contributed by atoms with Crippen molar-refractivity contribution >= 4 is 5.97 Å². The number of likely N-dealkylation sites (N-methyl/N-ethyl adjacent to an activating group) is 1. The van der Waals surface area contributed by atoms with Crippen LogP contribution in [0.2, 0.25) is 0 Å². The van der Waals surface area contributed by atoms with Gasteiger partial charge in [-0.3, -0.25) is 0 Å². The van der Waals surface area contributed by atoms with Gasteiger partial charge in [0, 0.05) is 6.08 Å². The van der Waals surface area contributed by atoms with E-state index in [9.17, 15) is 4.79 Å². The molecule has 0 spiro atoms. The van der Waals surface area contributed by atoms with E-state index in [2.05, 4.69) is 34.5 Å². The van der Waals surface area contributed by atoms with Gasteiger partial charge in [-0.2, -0.15) is 0 Å². The molecule has 0 fully saturated rings. The molecule has 0 aliphatic heterocycles. The van der Waals surface area contributed by atoms with Crippen molar-refractivity contribution in [2.75, 3.05) is 27.2 Å². The van der Waals surface area contributed by atoms with Crippen LogP contribution in [0.1, 0.15) is 110 Å². The first-order chi connectivity index (χ1) is 13.4. The zero-order valence-electron chi connectivity index (χ0n) is 20.0. The van der Waals surface area contributed by atoms with Crippen LogP contribution in [0, 0.1) is 0 Å². The molecular formula is C25H50BrNO2. The molecule has 0 saturated carbocycles. The van der Waals surface area contributed by atoms with Gasteiger partial charge >= 0.3 is 5.97 Å². The lowest BCUT2D eigenvalue weighted by Crippen LogP contribution is -3.00. The first-order valence-corrected chi connectivity index (χ1v) is 12.1. The number of nitrogens with zero attached hydrogens (tertiary/aromatic N) is 1. The van der Waals surface area contributed by atoms with Crippen molar-refractivity contribution in [2.45, 2.75) is 116 Å². The minimum Gasteiger partial charge on any atom is -1.00 e. The standard InChI is InChI=1S/C25H50NO2.BrH/c1-6-8-9-10-11-12-13-14-15-16-17-18-19-20-21-24(3)26(4,5)22-23-28-25(27)7-2;/h7,24H,2,6,8-23H2,1,3-5H3;1H/q+1;/p-1. The third-order valence-electron chi connectivity index (χ3n) is 6.25. The molecule has 3 nitrogen and oxygen atoms in total. The van der Waals surface area contributed by atoms with Crippen LogP contribution >= 0.6 is 0 Å². The Labute approximate surface area is 193 Å². The van der Waals surface area contributed by atoms with Crippen molar-refractivity contribution in [1.29, 1.82) is 0 Å². The number of hydrogen-bond donors (Lipinski definition) is 0. The lowest BCUT2D eigenvalue weighted by molar-refractivity contribution is -0.913. The Morgan fingerprint density at radius 2 is 1.28 bits per heavy atom. The predicted octanol–water partition coefficient (Wildman–Crippen LogP) is 4.06. The number of quaternary nitrogens is 1. The minimum absolute atomic E-state index is 0. The van der Waals surface area contributed by atoms with Crippen LogP contribution in [0.15, 0.2) is 12.7 Å². The maximum absolute atomic E-state index is 11.1. The maximum Gasteiger partial charge on any atom is 0.330 e. The molecule has 0 aliphatic carbocycles. The quantitative estimate of drug-likeness (QED) is 0.115. The maximum atomic E-state index is 11.1. The molecule has 0 bridgehead atoms. The number of hydrogen-bond acceptors (Lipinski definition) is 2. The van der Waals surface area contributed by atoms with Gasteiger partial charge in [0.05, 0.1) is 20.1 Å². The Balaban J connectivity index is 0. The van der Waals surface area contributed by atoms with Gasteiger partial charge in [0.1, 0.15) is 13.2 Å². The van der Waals surface area contributed by atoms with Crippen molar-refractivity contribution in [2.24, 2.45) is 0 Å². The van der Waals surface area contributed by atoms with E-state index in [-0.39, 0.29) is 23.0 Å². The Kier molecular flexibility index (Phi) is 22.2. The highest BCUT2D eigenvalue weighted by Gasteiger charge is 2.23. The number of halogens is 1. The van der Waals surface area contributed by atoms with E-state index in [1.807, 2.05) is 0 Å². The van der Waals surface area contributed by atoms with Gasteiger partial charge in [0.25, 0.3) is 0 Å². The lowest BCUT2D eigenvalue weighted by Gasteiger charge is -2.36. The molecule has 0 N–H and O–H groups in total. The normalized spacial score (nSPS) is 12.3. The summed E-state index contributed by atoms with van der Waals surface area (Å²) in [6, 6.07) is 0.597. The molecule has 174 valence electrons. The average molecular weight is 477 g/mol. The molecular weight excluding hydrogens is 426 g/mol. The summed E-state index contributed by atoms with van der Waals surface area (Å²) in [7, 11) is 4.46. The Morgan fingerprint density at radius 1 is 0.862 bits per heavy atom. The van der Waals surface area contributed by atoms with E-state index in [4.69, 9.17) is 4.74 Å². The molecule has 0 heterocycles. The molecule has 0 rings (SSSR count). The molecule has 0 saturated heterocycles. The summed E-state index contributed by atoms with van der Waals surface area (Å²) in [5, 5.41) is 0. The van der Waals surface area contributed by atoms with Gasteiger partial charge in [-0.15, -0.1) is 0 Å². The highest BCUT2D eigenvalue weighted by atomic mass is 79.9. The molecule has 0 aromatic rings. The van der Waals surface area contributed by atoms with Crippen LogP contribution in [-0.4, -0.2) is 43.7 Å². The van der Waals surface area contributed by atoms with Crippen LogP contribution in [0.25, 0.3) is 0 Å². The van der Waals surface area contributed by atoms with Gasteiger partial charge in [-0.05, 0) is 19.8 Å². The van der Waals surface area contributed by atoms with E-state index in [0.717, 1.165) is 11.0 Å². The third kappa shape index (κ3) is 19.4. The first kappa shape index (κ1) is 30.8. The molecule has 0 aromatic heterocycles. The van der Waals surface area contributed by atoms with Crippen molar-refractivity contribution in [3.05, 3.63) is 12.7 Å². The Hall–Kier alpha value is -0.350. The van der Waals surface area contributed by atoms with Gasteiger partial charge in [0.2, 0.25) is 0 Å². The topological polar surface area (TPSA) is 26.3 Å². The largest absolute Gasteiger partial charge is 1.00 e. The second-order valence-corrected chi connectivity index (χ2v) is 9.11. The van der Waals surface area contributed by atoms with Gasteiger partial charge in [0.15, 0.2) is 0 Å². The fraction of sp³-hybridized carbons (Fsp3) is 0.880. The van der Waals surface area contributed by atoms with E-state index in [0.29, 0.717) is 12.6 Å². The molecule has 0 amide bonds. The number of unbranched alkanes of at least 4 members (excludes halogenated alkanes) is 13. The summed E-state index contributed by atoms with van der Waals surface area (Å²) in [6.45, 7) is 9.37. The summed E-state index contributed by atoms with van der Waals surface area (Å²) in [5.41, 5.74) is 0. The number of carbonyl (C=O) groups is 1. The first-order valence-electron chi connectivity index (χ1n) is 12.1. The van der Waals surface area contributed by atoms with Crippen LogP contribution in [0.5, 0.6) is 0 Å². The number of carbonyl (C=O) groups excluding carboxylic acids is 1. The van der Waals surface area contributed by atoms with E-state index >= 15 is 0 Å². The monoisotopic (exact) mass is 475 g/mol. The number of esters is 1. The zero-order chi connectivity index (χ0) is 21.1. The molecule has 29 heavy (non-hydrogen) atoms. The summed E-state index contributed by atoms with van der Waals surface area (Å²) in [6.07, 6.45) is 22.2. The smallest absolute Gasteiger partial charge is 0.330 e. The number of ether oxygens (including phenoxy) is 1. The van der Waals surface area contributed by atoms with Crippen LogP contribution < -0.4 is 17.0 Å². The van der Waals surface area contributed by atoms with E-state index in [1.54, 1.807) is 0 Å². The van der Waals surface area contributed by atoms with Crippen LogP contribution in [0.3, 0.4) is 0 Å². The molecule has 0 aliphatic rings. The fourth-order valence-corrected chi connectivity index (χ4v) is 3.64. The van der Waals surface area contributed by atoms with Crippen LogP contribution in [0.4, 0.5) is 0 Å². The second-order valence-electron chi connectivity index (χ2n) is 9.11. The molecule has 1 atom stereocenters. The average Bonchev–Trinajstić information content (AvgIpc) is 2.67. The van der Waals surface area contributed by atoms with Gasteiger partial charge in [-0.25, -0.2) is 4.79 Å². The summed E-state index contributed by atoms with van der Waals surface area (Å²) in [5.74, 6) is -0.320. The molecule has 0 radical (unpaired) electrons. The van der Waals surface area contributed by atoms with Crippen molar-refractivity contribution in [1.82, 2.24) is 0 Å². The van der Waals surface area contributed by atoms with E-state index in [1.165, 1.54) is 102 Å². The van der Waals surface area contributed by atoms with Gasteiger partial charge < -0.3 is 26.2 Å². The van der Waals surface area contributed by atoms with E-state index < -0.39 is 0 Å². The fourth-order valence-electron chi connectivity index (χ4n) is 3.64. The Morgan fingerprint density at radius 3 is 1.69 bits per heavy atom. The summed E-state index contributed by atoms with van der Waals surface area (Å²) in [4.78, 5) is 11.1. The molecule has 1 unspecified atom stereocenters. The van der Waals surface area contributed by atoms with Crippen molar-refractivity contribution in [3.63, 3.8) is 0 Å². The zero-order valence-corrected chi connectivity index (χ0v) is 21.6.